The molecule has 4 rings (SSSR count). The third-order valence-corrected chi connectivity index (χ3v) is 7.62. The number of rotatable bonds is 9. The Morgan fingerprint density at radius 3 is 2.41 bits per heavy atom. The molecule has 0 radical (unpaired) electrons. The number of hydrogen-bond acceptors (Lipinski definition) is 7. The Bertz CT molecular complexity index is 1280. The molecule has 1 saturated heterocycles. The summed E-state index contributed by atoms with van der Waals surface area (Å²) in [5.41, 5.74) is 3.27. The van der Waals surface area contributed by atoms with Crippen LogP contribution in [0.15, 0.2) is 77.7 Å². The van der Waals surface area contributed by atoms with E-state index in [-0.39, 0.29) is 23.4 Å². The summed E-state index contributed by atoms with van der Waals surface area (Å²) in [7, 11) is 0. The first-order valence-corrected chi connectivity index (χ1v) is 14.5. The van der Waals surface area contributed by atoms with Gasteiger partial charge in [-0.1, -0.05) is 41.9 Å². The fourth-order valence-corrected chi connectivity index (χ4v) is 5.29. The van der Waals surface area contributed by atoms with Crippen molar-refractivity contribution in [2.75, 3.05) is 48.8 Å². The van der Waals surface area contributed by atoms with E-state index >= 15 is 0 Å². The number of esters is 1. The molecule has 0 spiro atoms. The molecule has 0 aromatic heterocycles. The van der Waals surface area contributed by atoms with Gasteiger partial charge in [0.2, 0.25) is 5.91 Å². The van der Waals surface area contributed by atoms with Crippen LogP contribution in [0.2, 0.25) is 5.02 Å². The SMILES string of the molecule is CCOC(=O)c1ccc(N2CCN(Cc3ccccc3)CC2)c(NC(=S)NC(=O)CSc2ccc(Cl)cc2)c1. The van der Waals surface area contributed by atoms with Gasteiger partial charge in [0.25, 0.3) is 0 Å². The molecular formula is C29H31ClN4O3S2. The van der Waals surface area contributed by atoms with E-state index in [0.717, 1.165) is 43.3 Å². The zero-order valence-corrected chi connectivity index (χ0v) is 24.1. The predicted octanol–water partition coefficient (Wildman–Crippen LogP) is 5.44. The average molecular weight is 583 g/mol. The van der Waals surface area contributed by atoms with Crippen LogP contribution in [0.25, 0.3) is 0 Å². The number of thioether (sulfide) groups is 1. The van der Waals surface area contributed by atoms with E-state index in [0.29, 0.717) is 16.3 Å². The van der Waals surface area contributed by atoms with Crippen LogP contribution in [-0.2, 0) is 16.1 Å². The zero-order chi connectivity index (χ0) is 27.6. The Kier molecular flexibility index (Phi) is 10.6. The molecule has 1 heterocycles. The highest BCUT2D eigenvalue weighted by molar-refractivity contribution is 8.00. The van der Waals surface area contributed by atoms with Crippen molar-refractivity contribution in [2.24, 2.45) is 0 Å². The van der Waals surface area contributed by atoms with Crippen LogP contribution in [-0.4, -0.2) is 60.4 Å². The second-order valence-electron chi connectivity index (χ2n) is 8.95. The molecule has 1 fully saturated rings. The van der Waals surface area contributed by atoms with Gasteiger partial charge in [0, 0.05) is 42.6 Å². The second kappa shape index (κ2) is 14.3. The van der Waals surface area contributed by atoms with Crippen LogP contribution in [0.1, 0.15) is 22.8 Å². The Morgan fingerprint density at radius 1 is 1.00 bits per heavy atom. The van der Waals surface area contributed by atoms with Gasteiger partial charge in [0.05, 0.1) is 29.3 Å². The van der Waals surface area contributed by atoms with Gasteiger partial charge in [-0.05, 0) is 67.2 Å². The third kappa shape index (κ3) is 8.69. The van der Waals surface area contributed by atoms with Crippen LogP contribution in [0.5, 0.6) is 0 Å². The van der Waals surface area contributed by atoms with Gasteiger partial charge in [0.1, 0.15) is 0 Å². The average Bonchev–Trinajstić information content (AvgIpc) is 2.94. The molecule has 7 nitrogen and oxygen atoms in total. The van der Waals surface area contributed by atoms with E-state index < -0.39 is 5.97 Å². The van der Waals surface area contributed by atoms with Crippen molar-refractivity contribution < 1.29 is 14.3 Å². The fraction of sp³-hybridized carbons (Fsp3) is 0.276. The smallest absolute Gasteiger partial charge is 0.338 e. The summed E-state index contributed by atoms with van der Waals surface area (Å²) in [5, 5.41) is 6.70. The lowest BCUT2D eigenvalue weighted by molar-refractivity contribution is -0.117. The number of ether oxygens (including phenoxy) is 1. The molecule has 10 heteroatoms. The van der Waals surface area contributed by atoms with Crippen molar-refractivity contribution in [2.45, 2.75) is 18.4 Å². The van der Waals surface area contributed by atoms with Crippen LogP contribution in [0.4, 0.5) is 11.4 Å². The van der Waals surface area contributed by atoms with Crippen LogP contribution >= 0.6 is 35.6 Å². The minimum atomic E-state index is -0.408. The molecule has 0 aliphatic carbocycles. The number of benzene rings is 3. The summed E-state index contributed by atoms with van der Waals surface area (Å²) in [4.78, 5) is 30.6. The molecule has 3 aromatic rings. The number of thiocarbonyl (C=S) groups is 1. The van der Waals surface area contributed by atoms with Gasteiger partial charge < -0.3 is 20.3 Å². The first kappa shape index (κ1) is 28.9. The van der Waals surface area contributed by atoms with E-state index in [4.69, 9.17) is 28.6 Å². The first-order valence-electron chi connectivity index (χ1n) is 12.7. The lowest BCUT2D eigenvalue weighted by Gasteiger charge is -2.37. The monoisotopic (exact) mass is 582 g/mol. The fourth-order valence-electron chi connectivity index (χ4n) is 4.24. The number of hydrogen-bond donors (Lipinski definition) is 2. The molecule has 204 valence electrons. The summed E-state index contributed by atoms with van der Waals surface area (Å²) in [5.74, 6) is -0.443. The Morgan fingerprint density at radius 2 is 1.72 bits per heavy atom. The largest absolute Gasteiger partial charge is 0.462 e. The van der Waals surface area contributed by atoms with E-state index in [1.54, 1.807) is 31.2 Å². The van der Waals surface area contributed by atoms with Gasteiger partial charge in [-0.15, -0.1) is 11.8 Å². The summed E-state index contributed by atoms with van der Waals surface area (Å²) in [6, 6.07) is 23.1. The Labute approximate surface area is 243 Å². The molecule has 0 bridgehead atoms. The Hall–Kier alpha value is -3.11. The quantitative estimate of drug-likeness (QED) is 0.196. The van der Waals surface area contributed by atoms with Crippen molar-refractivity contribution in [3.63, 3.8) is 0 Å². The van der Waals surface area contributed by atoms with Gasteiger partial charge in [-0.25, -0.2) is 4.79 Å². The van der Waals surface area contributed by atoms with Gasteiger partial charge in [0.15, 0.2) is 5.11 Å². The highest BCUT2D eigenvalue weighted by atomic mass is 35.5. The zero-order valence-electron chi connectivity index (χ0n) is 21.7. The summed E-state index contributed by atoms with van der Waals surface area (Å²) in [6.45, 7) is 6.40. The molecule has 3 aromatic carbocycles. The number of anilines is 2. The molecule has 0 saturated carbocycles. The number of halogens is 1. The van der Waals surface area contributed by atoms with E-state index in [9.17, 15) is 9.59 Å². The molecule has 0 atom stereocenters. The minimum absolute atomic E-state index is 0.168. The lowest BCUT2D eigenvalue weighted by Crippen LogP contribution is -2.46. The highest BCUT2D eigenvalue weighted by Crippen LogP contribution is 2.29. The predicted molar refractivity (Wildman–Crippen MR) is 163 cm³/mol. The second-order valence-corrected chi connectivity index (χ2v) is 10.8. The maximum Gasteiger partial charge on any atom is 0.338 e. The number of nitrogens with one attached hydrogen (secondary N) is 2. The normalized spacial score (nSPS) is 13.5. The number of piperazine rings is 1. The van der Waals surface area contributed by atoms with E-state index in [1.807, 2.05) is 24.3 Å². The lowest BCUT2D eigenvalue weighted by atomic mass is 10.1. The highest BCUT2D eigenvalue weighted by Gasteiger charge is 2.21. The van der Waals surface area contributed by atoms with Crippen molar-refractivity contribution in [3.05, 3.63) is 88.9 Å². The maximum atomic E-state index is 12.5. The molecule has 1 aliphatic heterocycles. The Balaban J connectivity index is 1.40. The van der Waals surface area contributed by atoms with Crippen molar-refractivity contribution in [1.82, 2.24) is 10.2 Å². The van der Waals surface area contributed by atoms with Crippen molar-refractivity contribution in [3.8, 4) is 0 Å². The molecule has 39 heavy (non-hydrogen) atoms. The van der Waals surface area contributed by atoms with E-state index in [2.05, 4.69) is 44.7 Å². The number of carbonyl (C=O) groups is 2. The van der Waals surface area contributed by atoms with Crippen LogP contribution in [0.3, 0.4) is 0 Å². The molecule has 1 amide bonds. The molecule has 2 N–H and O–H groups in total. The van der Waals surface area contributed by atoms with Gasteiger partial charge in [-0.3, -0.25) is 9.69 Å². The third-order valence-electron chi connectivity index (χ3n) is 6.15. The molecule has 0 unspecified atom stereocenters. The van der Waals surface area contributed by atoms with Gasteiger partial charge >= 0.3 is 5.97 Å². The maximum absolute atomic E-state index is 12.5. The number of amides is 1. The number of nitrogens with zero attached hydrogens (tertiary/aromatic N) is 2. The summed E-state index contributed by atoms with van der Waals surface area (Å²) in [6.07, 6.45) is 0. The van der Waals surface area contributed by atoms with Crippen molar-refractivity contribution in [1.29, 1.82) is 0 Å². The molecule has 1 aliphatic rings. The number of carbonyl (C=O) groups excluding carboxylic acids is 2. The minimum Gasteiger partial charge on any atom is -0.462 e. The van der Waals surface area contributed by atoms with Crippen LogP contribution in [0, 0.1) is 0 Å². The summed E-state index contributed by atoms with van der Waals surface area (Å²) >= 11 is 12.8. The topological polar surface area (TPSA) is 73.9 Å². The summed E-state index contributed by atoms with van der Waals surface area (Å²) < 4.78 is 5.19. The standard InChI is InChI=1S/C29H31ClN4O3S2/c1-2-37-28(36)22-8-13-26(34-16-14-33(15-17-34)19-21-6-4-3-5-7-21)25(18-22)31-29(38)32-27(35)20-39-24-11-9-23(30)10-12-24/h3-13,18H,2,14-17,19-20H2,1H3,(H2,31,32,35,38). The van der Waals surface area contributed by atoms with E-state index in [1.165, 1.54) is 17.3 Å². The van der Waals surface area contributed by atoms with Gasteiger partial charge in [-0.2, -0.15) is 0 Å². The van der Waals surface area contributed by atoms with Crippen LogP contribution < -0.4 is 15.5 Å². The van der Waals surface area contributed by atoms with Crippen molar-refractivity contribution >= 4 is 63.9 Å². The first-order chi connectivity index (χ1) is 18.9. The molecular weight excluding hydrogens is 552 g/mol.